The van der Waals surface area contributed by atoms with E-state index in [1.165, 1.54) is 4.90 Å². The number of halogens is 2. The summed E-state index contributed by atoms with van der Waals surface area (Å²) in [6, 6.07) is 9.93. The maximum absolute atomic E-state index is 13.6. The molecule has 0 aromatic heterocycles. The summed E-state index contributed by atoms with van der Waals surface area (Å²) in [5, 5.41) is 11.1. The summed E-state index contributed by atoms with van der Waals surface area (Å²) in [5.41, 5.74) is 6.51. The molecule has 2 aromatic rings. The monoisotopic (exact) mass is 475 g/mol. The zero-order valence-corrected chi connectivity index (χ0v) is 19.6. The third kappa shape index (κ3) is 6.51. The van der Waals surface area contributed by atoms with Gasteiger partial charge in [0.05, 0.1) is 6.10 Å². The Hall–Kier alpha value is -3.04. The molecule has 9 heteroatoms. The summed E-state index contributed by atoms with van der Waals surface area (Å²) in [6.07, 6.45) is -2.33. The average molecular weight is 476 g/mol. The van der Waals surface area contributed by atoms with E-state index in [9.17, 15) is 23.5 Å². The van der Waals surface area contributed by atoms with Crippen LogP contribution in [-0.4, -0.2) is 63.8 Å². The third-order valence-corrected chi connectivity index (χ3v) is 5.51. The van der Waals surface area contributed by atoms with Gasteiger partial charge in [-0.1, -0.05) is 30.3 Å². The van der Waals surface area contributed by atoms with Crippen LogP contribution < -0.4 is 5.73 Å². The standard InChI is InChI=1S/C25H31F2N3O4/c1-25(2,3)34-24(33)30-10-9-29(15-16-7-5-4-6-8-16)23(32)21(30)22(31)20(28)13-17-11-18(26)14-19(27)12-17/h4-8,11-12,14,20-22,31H,9-10,13,15,28H2,1-3H3/t20-,21?,22-/m0/s1. The molecule has 1 saturated heterocycles. The first-order valence-electron chi connectivity index (χ1n) is 11.2. The van der Waals surface area contributed by atoms with Crippen molar-refractivity contribution >= 4 is 12.0 Å². The molecule has 3 rings (SSSR count). The molecule has 2 amide bonds. The maximum atomic E-state index is 13.6. The van der Waals surface area contributed by atoms with Crippen LogP contribution in [-0.2, 0) is 22.5 Å². The van der Waals surface area contributed by atoms with Gasteiger partial charge in [0, 0.05) is 31.7 Å². The van der Waals surface area contributed by atoms with Crippen LogP contribution in [0.2, 0.25) is 0 Å². The van der Waals surface area contributed by atoms with Gasteiger partial charge in [-0.3, -0.25) is 9.69 Å². The molecule has 184 valence electrons. The van der Waals surface area contributed by atoms with Gasteiger partial charge in [-0.05, 0) is 50.5 Å². The highest BCUT2D eigenvalue weighted by atomic mass is 19.1. The van der Waals surface area contributed by atoms with Crippen molar-refractivity contribution in [2.24, 2.45) is 5.73 Å². The fourth-order valence-electron chi connectivity index (χ4n) is 3.97. The summed E-state index contributed by atoms with van der Waals surface area (Å²) in [4.78, 5) is 29.1. The van der Waals surface area contributed by atoms with Crippen molar-refractivity contribution in [3.8, 4) is 0 Å². The number of hydrogen-bond acceptors (Lipinski definition) is 5. The zero-order valence-electron chi connectivity index (χ0n) is 19.6. The minimum absolute atomic E-state index is 0.0968. The van der Waals surface area contributed by atoms with E-state index in [1.807, 2.05) is 30.3 Å². The highest BCUT2D eigenvalue weighted by Crippen LogP contribution is 2.23. The Morgan fingerprint density at radius 2 is 1.74 bits per heavy atom. The topological polar surface area (TPSA) is 96.1 Å². The van der Waals surface area contributed by atoms with E-state index < -0.39 is 47.4 Å². The fraction of sp³-hybridized carbons (Fsp3) is 0.440. The number of nitrogens with two attached hydrogens (primary N) is 1. The normalized spacial score (nSPS) is 18.6. The number of hydrogen-bond donors (Lipinski definition) is 2. The number of rotatable bonds is 6. The third-order valence-electron chi connectivity index (χ3n) is 5.51. The van der Waals surface area contributed by atoms with Crippen LogP contribution in [0.4, 0.5) is 13.6 Å². The fourth-order valence-corrected chi connectivity index (χ4v) is 3.97. The molecular weight excluding hydrogens is 444 g/mol. The molecule has 1 aliphatic heterocycles. The highest BCUT2D eigenvalue weighted by Gasteiger charge is 2.45. The molecule has 34 heavy (non-hydrogen) atoms. The summed E-state index contributed by atoms with van der Waals surface area (Å²) < 4.78 is 32.7. The molecule has 0 saturated carbocycles. The smallest absolute Gasteiger partial charge is 0.411 e. The molecular formula is C25H31F2N3O4. The molecule has 2 aromatic carbocycles. The summed E-state index contributed by atoms with van der Waals surface area (Å²) >= 11 is 0. The molecule has 7 nitrogen and oxygen atoms in total. The van der Waals surface area contributed by atoms with Crippen molar-refractivity contribution in [2.45, 2.75) is 57.5 Å². The number of carbonyl (C=O) groups excluding carboxylic acids is 2. The van der Waals surface area contributed by atoms with E-state index in [0.29, 0.717) is 6.54 Å². The lowest BCUT2D eigenvalue weighted by Gasteiger charge is -2.43. The van der Waals surface area contributed by atoms with E-state index in [2.05, 4.69) is 0 Å². The first kappa shape index (κ1) is 25.6. The number of aliphatic hydroxyl groups excluding tert-OH is 1. The van der Waals surface area contributed by atoms with Gasteiger partial charge < -0.3 is 20.5 Å². The van der Waals surface area contributed by atoms with Crippen LogP contribution in [0.25, 0.3) is 0 Å². The molecule has 3 N–H and O–H groups in total. The second kappa shape index (κ2) is 10.5. The minimum Gasteiger partial charge on any atom is -0.444 e. The van der Waals surface area contributed by atoms with Gasteiger partial charge >= 0.3 is 6.09 Å². The molecule has 1 aliphatic rings. The Morgan fingerprint density at radius 1 is 1.12 bits per heavy atom. The minimum atomic E-state index is -1.50. The van der Waals surface area contributed by atoms with E-state index in [0.717, 1.165) is 23.8 Å². The largest absolute Gasteiger partial charge is 0.444 e. The Labute approximate surface area is 198 Å². The van der Waals surface area contributed by atoms with Crippen LogP contribution in [0.5, 0.6) is 0 Å². The second-order valence-electron chi connectivity index (χ2n) is 9.50. The number of amides is 2. The molecule has 0 bridgehead atoms. The SMILES string of the molecule is CC(C)(C)OC(=O)N1CCN(Cc2ccccc2)C(=O)C1[C@@H](O)[C@@H](N)Cc1cc(F)cc(F)c1. The van der Waals surface area contributed by atoms with Crippen LogP contribution in [0.1, 0.15) is 31.9 Å². The second-order valence-corrected chi connectivity index (χ2v) is 9.50. The predicted octanol–water partition coefficient (Wildman–Crippen LogP) is 2.84. The predicted molar refractivity (Wildman–Crippen MR) is 123 cm³/mol. The van der Waals surface area contributed by atoms with Crippen molar-refractivity contribution in [3.05, 3.63) is 71.3 Å². The molecule has 0 radical (unpaired) electrons. The van der Waals surface area contributed by atoms with Crippen molar-refractivity contribution in [2.75, 3.05) is 13.1 Å². The molecule has 1 fully saturated rings. The Kier molecular flexibility index (Phi) is 7.89. The first-order valence-corrected chi connectivity index (χ1v) is 11.2. The van der Waals surface area contributed by atoms with E-state index >= 15 is 0 Å². The first-order chi connectivity index (χ1) is 15.9. The summed E-state index contributed by atoms with van der Waals surface area (Å²) in [6.45, 7) is 5.79. The van der Waals surface area contributed by atoms with E-state index in [1.54, 1.807) is 25.7 Å². The maximum Gasteiger partial charge on any atom is 0.411 e. The highest BCUT2D eigenvalue weighted by molar-refractivity contribution is 5.87. The van der Waals surface area contributed by atoms with E-state index in [4.69, 9.17) is 10.5 Å². The van der Waals surface area contributed by atoms with Crippen molar-refractivity contribution in [3.63, 3.8) is 0 Å². The van der Waals surface area contributed by atoms with Gasteiger partial charge in [-0.15, -0.1) is 0 Å². The number of piperazine rings is 1. The van der Waals surface area contributed by atoms with Crippen LogP contribution >= 0.6 is 0 Å². The average Bonchev–Trinajstić information content (AvgIpc) is 2.73. The van der Waals surface area contributed by atoms with Crippen molar-refractivity contribution < 1.29 is 28.2 Å². The van der Waals surface area contributed by atoms with E-state index in [-0.39, 0.29) is 25.1 Å². The summed E-state index contributed by atoms with van der Waals surface area (Å²) in [5.74, 6) is -2.01. The molecule has 1 unspecified atom stereocenters. The molecule has 0 aliphatic carbocycles. The molecule has 1 heterocycles. The van der Waals surface area contributed by atoms with Gasteiger partial charge in [0.15, 0.2) is 0 Å². The Morgan fingerprint density at radius 3 is 2.32 bits per heavy atom. The van der Waals surface area contributed by atoms with Crippen LogP contribution in [0.3, 0.4) is 0 Å². The van der Waals surface area contributed by atoms with Gasteiger partial charge in [0.25, 0.3) is 0 Å². The van der Waals surface area contributed by atoms with Crippen molar-refractivity contribution in [1.29, 1.82) is 0 Å². The summed E-state index contributed by atoms with van der Waals surface area (Å²) in [7, 11) is 0. The van der Waals surface area contributed by atoms with Gasteiger partial charge in [0.1, 0.15) is 23.3 Å². The lowest BCUT2D eigenvalue weighted by atomic mass is 9.94. The Balaban J connectivity index is 1.84. The van der Waals surface area contributed by atoms with Gasteiger partial charge in [-0.25, -0.2) is 13.6 Å². The van der Waals surface area contributed by atoms with Gasteiger partial charge in [-0.2, -0.15) is 0 Å². The lowest BCUT2D eigenvalue weighted by Crippen LogP contribution is -2.65. The lowest BCUT2D eigenvalue weighted by molar-refractivity contribution is -0.148. The number of benzene rings is 2. The zero-order chi connectivity index (χ0) is 25.0. The van der Waals surface area contributed by atoms with Crippen LogP contribution in [0.15, 0.2) is 48.5 Å². The number of aliphatic hydroxyl groups is 1. The van der Waals surface area contributed by atoms with Gasteiger partial charge in [0.2, 0.25) is 5.91 Å². The van der Waals surface area contributed by atoms with Crippen molar-refractivity contribution in [1.82, 2.24) is 9.80 Å². The molecule has 0 spiro atoms. The van der Waals surface area contributed by atoms with Crippen LogP contribution in [0, 0.1) is 11.6 Å². The molecule has 3 atom stereocenters. The Bertz CT molecular complexity index is 993. The number of ether oxygens (including phenoxy) is 1. The quantitative estimate of drug-likeness (QED) is 0.670. The number of carbonyl (C=O) groups is 2. The number of nitrogens with zero attached hydrogens (tertiary/aromatic N) is 2.